The van der Waals surface area contributed by atoms with Crippen LogP contribution in [0.2, 0.25) is 0 Å². The molecule has 2 unspecified atom stereocenters. The summed E-state index contributed by atoms with van der Waals surface area (Å²) in [5.74, 6) is 0. The fourth-order valence-corrected chi connectivity index (χ4v) is 3.09. The molecule has 0 bridgehead atoms. The van der Waals surface area contributed by atoms with Gasteiger partial charge in [0.25, 0.3) is 0 Å². The number of para-hydroxylation sites is 1. The van der Waals surface area contributed by atoms with E-state index < -0.39 is 0 Å². The van der Waals surface area contributed by atoms with E-state index in [4.69, 9.17) is 15.6 Å². The molecule has 2 atom stereocenters. The molecule has 1 fully saturated rings. The van der Waals surface area contributed by atoms with Gasteiger partial charge in [-0.1, -0.05) is 18.2 Å². The summed E-state index contributed by atoms with van der Waals surface area (Å²) in [5.41, 5.74) is 8.62. The van der Waals surface area contributed by atoms with Gasteiger partial charge >= 0.3 is 0 Å². The second-order valence-electron chi connectivity index (χ2n) is 5.61. The lowest BCUT2D eigenvalue weighted by atomic mass is 10.0. The SMILES string of the molecule is CCn1nc(CC(N)CC2CCCO2)c2ccccc21. The molecular weight excluding hydrogens is 250 g/mol. The first-order chi connectivity index (χ1) is 9.78. The van der Waals surface area contributed by atoms with Crippen LogP contribution in [0.15, 0.2) is 24.3 Å². The number of aryl methyl sites for hydroxylation is 1. The predicted octanol–water partition coefficient (Wildman–Crippen LogP) is 2.50. The molecule has 0 aliphatic carbocycles. The minimum absolute atomic E-state index is 0.127. The maximum atomic E-state index is 6.30. The molecule has 1 aliphatic heterocycles. The summed E-state index contributed by atoms with van der Waals surface area (Å²) in [6.45, 7) is 3.90. The lowest BCUT2D eigenvalue weighted by Gasteiger charge is -2.15. The minimum atomic E-state index is 0.127. The van der Waals surface area contributed by atoms with Crippen molar-refractivity contribution in [2.75, 3.05) is 6.61 Å². The zero-order valence-electron chi connectivity index (χ0n) is 12.1. The summed E-state index contributed by atoms with van der Waals surface area (Å²) in [5, 5.41) is 5.95. The number of hydrogen-bond acceptors (Lipinski definition) is 3. The van der Waals surface area contributed by atoms with Crippen LogP contribution < -0.4 is 5.73 Å². The van der Waals surface area contributed by atoms with Crippen molar-refractivity contribution in [3.05, 3.63) is 30.0 Å². The van der Waals surface area contributed by atoms with Gasteiger partial charge in [-0.05, 0) is 32.3 Å². The molecule has 2 aromatic rings. The molecule has 1 aliphatic rings. The van der Waals surface area contributed by atoms with Gasteiger partial charge in [-0.2, -0.15) is 5.10 Å². The van der Waals surface area contributed by atoms with Crippen LogP contribution in [0.5, 0.6) is 0 Å². The summed E-state index contributed by atoms with van der Waals surface area (Å²) in [7, 11) is 0. The maximum absolute atomic E-state index is 6.30. The molecule has 2 N–H and O–H groups in total. The van der Waals surface area contributed by atoms with Crippen LogP contribution in [0.25, 0.3) is 10.9 Å². The van der Waals surface area contributed by atoms with Crippen molar-refractivity contribution >= 4 is 10.9 Å². The van der Waals surface area contributed by atoms with Gasteiger partial charge < -0.3 is 10.5 Å². The van der Waals surface area contributed by atoms with Crippen LogP contribution in [0, 0.1) is 0 Å². The molecule has 4 heteroatoms. The average molecular weight is 273 g/mol. The molecule has 108 valence electrons. The fraction of sp³-hybridized carbons (Fsp3) is 0.562. The molecule has 2 heterocycles. The highest BCUT2D eigenvalue weighted by Gasteiger charge is 2.20. The third-order valence-corrected chi connectivity index (χ3v) is 4.08. The van der Waals surface area contributed by atoms with E-state index in [9.17, 15) is 0 Å². The normalized spacial score (nSPS) is 20.6. The highest BCUT2D eigenvalue weighted by molar-refractivity contribution is 5.82. The summed E-state index contributed by atoms with van der Waals surface area (Å²) >= 11 is 0. The third-order valence-electron chi connectivity index (χ3n) is 4.08. The van der Waals surface area contributed by atoms with Crippen LogP contribution in [0.1, 0.15) is 31.9 Å². The Morgan fingerprint density at radius 3 is 3.05 bits per heavy atom. The van der Waals surface area contributed by atoms with E-state index in [0.717, 1.165) is 38.1 Å². The summed E-state index contributed by atoms with van der Waals surface area (Å²) < 4.78 is 7.73. The number of rotatable bonds is 5. The van der Waals surface area contributed by atoms with E-state index in [1.165, 1.54) is 17.3 Å². The van der Waals surface area contributed by atoms with Gasteiger partial charge in [-0.3, -0.25) is 4.68 Å². The molecule has 20 heavy (non-hydrogen) atoms. The van der Waals surface area contributed by atoms with Gasteiger partial charge in [0, 0.05) is 31.0 Å². The summed E-state index contributed by atoms with van der Waals surface area (Å²) in [4.78, 5) is 0. The Hall–Kier alpha value is -1.39. The highest BCUT2D eigenvalue weighted by atomic mass is 16.5. The lowest BCUT2D eigenvalue weighted by Crippen LogP contribution is -2.28. The standard InChI is InChI=1S/C16H23N3O/c1-2-19-16-8-4-3-7-14(16)15(18-19)11-12(17)10-13-6-5-9-20-13/h3-4,7-8,12-13H,2,5-6,9-11,17H2,1H3. The van der Waals surface area contributed by atoms with Crippen LogP contribution in [0.3, 0.4) is 0 Å². The molecule has 0 spiro atoms. The highest BCUT2D eigenvalue weighted by Crippen LogP contribution is 2.22. The van der Waals surface area contributed by atoms with Gasteiger partial charge in [-0.15, -0.1) is 0 Å². The van der Waals surface area contributed by atoms with Crippen molar-refractivity contribution in [3.63, 3.8) is 0 Å². The zero-order chi connectivity index (χ0) is 13.9. The largest absolute Gasteiger partial charge is 0.378 e. The predicted molar refractivity (Wildman–Crippen MR) is 80.7 cm³/mol. The third kappa shape index (κ3) is 2.72. The smallest absolute Gasteiger partial charge is 0.0718 e. The van der Waals surface area contributed by atoms with Crippen molar-refractivity contribution in [1.82, 2.24) is 9.78 Å². The number of ether oxygens (including phenoxy) is 1. The Labute approximate surface area is 119 Å². The van der Waals surface area contributed by atoms with E-state index in [0.29, 0.717) is 6.10 Å². The Bertz CT molecular complexity index is 572. The second-order valence-corrected chi connectivity index (χ2v) is 5.61. The summed E-state index contributed by atoms with van der Waals surface area (Å²) in [6, 6.07) is 8.52. The van der Waals surface area contributed by atoms with Crippen molar-refractivity contribution in [2.45, 2.75) is 51.3 Å². The molecule has 1 aromatic carbocycles. The number of aromatic nitrogens is 2. The summed E-state index contributed by atoms with van der Waals surface area (Å²) in [6.07, 6.45) is 4.44. The van der Waals surface area contributed by atoms with Crippen LogP contribution in [-0.2, 0) is 17.7 Å². The van der Waals surface area contributed by atoms with Gasteiger partial charge in [0.2, 0.25) is 0 Å². The number of nitrogens with two attached hydrogens (primary N) is 1. The molecule has 0 amide bonds. The first-order valence-corrected chi connectivity index (χ1v) is 7.59. The minimum Gasteiger partial charge on any atom is -0.378 e. The van der Waals surface area contributed by atoms with Gasteiger partial charge in [0.15, 0.2) is 0 Å². The van der Waals surface area contributed by atoms with Crippen LogP contribution >= 0.6 is 0 Å². The average Bonchev–Trinajstić information content (AvgIpc) is 3.07. The molecule has 4 nitrogen and oxygen atoms in total. The van der Waals surface area contributed by atoms with E-state index in [-0.39, 0.29) is 6.04 Å². The van der Waals surface area contributed by atoms with Crippen molar-refractivity contribution in [3.8, 4) is 0 Å². The Morgan fingerprint density at radius 2 is 2.30 bits per heavy atom. The second kappa shape index (κ2) is 5.94. The van der Waals surface area contributed by atoms with Crippen molar-refractivity contribution in [2.24, 2.45) is 5.73 Å². The van der Waals surface area contributed by atoms with Crippen molar-refractivity contribution < 1.29 is 4.74 Å². The lowest BCUT2D eigenvalue weighted by molar-refractivity contribution is 0.0983. The molecule has 0 radical (unpaired) electrons. The zero-order valence-corrected chi connectivity index (χ0v) is 12.1. The first-order valence-electron chi connectivity index (χ1n) is 7.59. The van der Waals surface area contributed by atoms with Gasteiger partial charge in [0.05, 0.1) is 17.3 Å². The van der Waals surface area contributed by atoms with E-state index in [2.05, 4.69) is 35.9 Å². The van der Waals surface area contributed by atoms with Crippen LogP contribution in [-0.4, -0.2) is 28.5 Å². The Kier molecular flexibility index (Phi) is 4.03. The van der Waals surface area contributed by atoms with Gasteiger partial charge in [-0.25, -0.2) is 0 Å². The van der Waals surface area contributed by atoms with Crippen LogP contribution in [0.4, 0.5) is 0 Å². The monoisotopic (exact) mass is 273 g/mol. The number of fused-ring (bicyclic) bond motifs is 1. The Balaban J connectivity index is 1.76. The number of nitrogens with zero attached hydrogens (tertiary/aromatic N) is 2. The van der Waals surface area contributed by atoms with E-state index in [1.807, 2.05) is 0 Å². The molecular formula is C16H23N3O. The van der Waals surface area contributed by atoms with E-state index >= 15 is 0 Å². The topological polar surface area (TPSA) is 53.1 Å². The quantitative estimate of drug-likeness (QED) is 0.910. The maximum Gasteiger partial charge on any atom is 0.0718 e. The number of benzene rings is 1. The molecule has 0 saturated carbocycles. The Morgan fingerprint density at radius 1 is 1.45 bits per heavy atom. The van der Waals surface area contributed by atoms with E-state index in [1.54, 1.807) is 0 Å². The van der Waals surface area contributed by atoms with Crippen molar-refractivity contribution in [1.29, 1.82) is 0 Å². The van der Waals surface area contributed by atoms with Gasteiger partial charge in [0.1, 0.15) is 0 Å². The first kappa shape index (κ1) is 13.6. The number of hydrogen-bond donors (Lipinski definition) is 1. The molecule has 3 rings (SSSR count). The molecule has 1 saturated heterocycles. The molecule has 1 aromatic heterocycles. The fourth-order valence-electron chi connectivity index (χ4n) is 3.09.